The third-order valence-corrected chi connectivity index (χ3v) is 3.76. The Bertz CT molecular complexity index is 594. The monoisotopic (exact) mass is 300 g/mol. The van der Waals surface area contributed by atoms with Crippen molar-refractivity contribution < 1.29 is 4.74 Å². The maximum atomic E-state index is 6.19. The molecule has 0 aliphatic rings. The summed E-state index contributed by atoms with van der Waals surface area (Å²) in [5, 5.41) is 1.50. The van der Waals surface area contributed by atoms with E-state index < -0.39 is 0 Å². The van der Waals surface area contributed by atoms with E-state index in [0.717, 1.165) is 22.4 Å². The fraction of sp³-hybridized carbons (Fsp3) is 0.143. The minimum absolute atomic E-state index is 0.449. The molecule has 0 saturated heterocycles. The molecule has 0 fully saturated rings. The van der Waals surface area contributed by atoms with E-state index in [1.54, 1.807) is 19.2 Å². The fourth-order valence-electron chi connectivity index (χ4n) is 1.73. The van der Waals surface area contributed by atoms with Gasteiger partial charge in [-0.1, -0.05) is 46.9 Å². The predicted molar refractivity (Wildman–Crippen MR) is 78.2 cm³/mol. The van der Waals surface area contributed by atoms with Crippen molar-refractivity contribution in [2.45, 2.75) is 6.92 Å². The van der Waals surface area contributed by atoms with Gasteiger partial charge in [-0.25, -0.2) is 0 Å². The maximum Gasteiger partial charge on any atom is 0.122 e. The van der Waals surface area contributed by atoms with Crippen LogP contribution >= 0.6 is 34.8 Å². The smallest absolute Gasteiger partial charge is 0.122 e. The van der Waals surface area contributed by atoms with E-state index in [1.807, 2.05) is 25.1 Å². The second kappa shape index (κ2) is 5.40. The summed E-state index contributed by atoms with van der Waals surface area (Å²) in [5.41, 5.74) is 2.85. The lowest BCUT2D eigenvalue weighted by molar-refractivity contribution is 0.412. The number of rotatable bonds is 2. The molecule has 0 spiro atoms. The summed E-state index contributed by atoms with van der Waals surface area (Å²) in [5.74, 6) is 0.814. The van der Waals surface area contributed by atoms with Gasteiger partial charge in [-0.05, 0) is 36.2 Å². The molecule has 4 heteroatoms. The van der Waals surface area contributed by atoms with Gasteiger partial charge in [-0.3, -0.25) is 0 Å². The second-order valence-corrected chi connectivity index (χ2v) is 5.15. The molecule has 0 heterocycles. The first kappa shape index (κ1) is 13.5. The van der Waals surface area contributed by atoms with Gasteiger partial charge in [0.15, 0.2) is 0 Å². The summed E-state index contributed by atoms with van der Waals surface area (Å²) in [6, 6.07) is 9.29. The molecule has 0 aliphatic heterocycles. The van der Waals surface area contributed by atoms with E-state index in [9.17, 15) is 0 Å². The van der Waals surface area contributed by atoms with E-state index in [1.165, 1.54) is 0 Å². The Hall–Kier alpha value is -0.890. The number of hydrogen-bond donors (Lipinski definition) is 0. The van der Waals surface area contributed by atoms with Crippen molar-refractivity contribution in [1.29, 1.82) is 0 Å². The minimum atomic E-state index is 0.449. The molecule has 2 rings (SSSR count). The van der Waals surface area contributed by atoms with Gasteiger partial charge in [-0.2, -0.15) is 0 Å². The molecule has 0 aliphatic carbocycles. The zero-order chi connectivity index (χ0) is 13.3. The van der Waals surface area contributed by atoms with E-state index in [2.05, 4.69) is 0 Å². The molecule has 0 unspecified atom stereocenters. The molecule has 2 aromatic rings. The molecule has 0 saturated carbocycles. The van der Waals surface area contributed by atoms with Gasteiger partial charge in [0.1, 0.15) is 5.75 Å². The largest absolute Gasteiger partial charge is 0.496 e. The van der Waals surface area contributed by atoms with Crippen molar-refractivity contribution in [3.05, 3.63) is 51.0 Å². The van der Waals surface area contributed by atoms with Crippen LogP contribution in [0.15, 0.2) is 30.3 Å². The van der Waals surface area contributed by atoms with Crippen molar-refractivity contribution in [3.63, 3.8) is 0 Å². The van der Waals surface area contributed by atoms with Gasteiger partial charge in [0.25, 0.3) is 0 Å². The molecule has 94 valence electrons. The van der Waals surface area contributed by atoms with Gasteiger partial charge in [0.05, 0.1) is 17.2 Å². The first-order valence-electron chi connectivity index (χ1n) is 5.32. The molecule has 2 aromatic carbocycles. The van der Waals surface area contributed by atoms with E-state index in [0.29, 0.717) is 15.1 Å². The molecular formula is C14H11Cl3O. The van der Waals surface area contributed by atoms with Gasteiger partial charge in [0, 0.05) is 10.6 Å². The third-order valence-electron chi connectivity index (χ3n) is 2.73. The minimum Gasteiger partial charge on any atom is -0.496 e. The number of benzene rings is 2. The van der Waals surface area contributed by atoms with Crippen LogP contribution in [0, 0.1) is 6.92 Å². The van der Waals surface area contributed by atoms with Gasteiger partial charge in [-0.15, -0.1) is 0 Å². The average Bonchev–Trinajstić information content (AvgIpc) is 2.35. The Labute approximate surface area is 121 Å². The highest BCUT2D eigenvalue weighted by molar-refractivity contribution is 6.44. The number of hydrogen-bond acceptors (Lipinski definition) is 1. The molecule has 0 bridgehead atoms. The summed E-state index contributed by atoms with van der Waals surface area (Å²) < 4.78 is 5.30. The van der Waals surface area contributed by atoms with E-state index >= 15 is 0 Å². The molecule has 0 atom stereocenters. The first-order chi connectivity index (χ1) is 8.52. The molecule has 0 radical (unpaired) electrons. The molecule has 0 amide bonds. The van der Waals surface area contributed by atoms with Crippen molar-refractivity contribution in [2.75, 3.05) is 7.11 Å². The highest BCUT2D eigenvalue weighted by Crippen LogP contribution is 2.36. The van der Waals surface area contributed by atoms with Crippen molar-refractivity contribution in [3.8, 4) is 16.9 Å². The van der Waals surface area contributed by atoms with Crippen LogP contribution in [0.2, 0.25) is 15.1 Å². The van der Waals surface area contributed by atoms with Crippen LogP contribution < -0.4 is 4.74 Å². The molecule has 0 aromatic heterocycles. The predicted octanol–water partition coefficient (Wildman–Crippen LogP) is 5.63. The summed E-state index contributed by atoms with van der Waals surface area (Å²) in [6.07, 6.45) is 0. The zero-order valence-electron chi connectivity index (χ0n) is 9.93. The molecular weight excluding hydrogens is 291 g/mol. The van der Waals surface area contributed by atoms with Gasteiger partial charge < -0.3 is 4.74 Å². The van der Waals surface area contributed by atoms with Crippen LogP contribution in [0.4, 0.5) is 0 Å². The summed E-state index contributed by atoms with van der Waals surface area (Å²) in [7, 11) is 1.64. The SMILES string of the molecule is COc1cc(-c2cc(Cl)c(Cl)cc2Cl)ccc1C. The summed E-state index contributed by atoms with van der Waals surface area (Å²) in [4.78, 5) is 0. The van der Waals surface area contributed by atoms with Crippen LogP contribution in [0.5, 0.6) is 5.75 Å². The normalized spacial score (nSPS) is 10.5. The third kappa shape index (κ3) is 2.59. The van der Waals surface area contributed by atoms with Crippen molar-refractivity contribution in [2.24, 2.45) is 0 Å². The molecule has 18 heavy (non-hydrogen) atoms. The Balaban J connectivity index is 2.58. The van der Waals surface area contributed by atoms with E-state index in [4.69, 9.17) is 39.5 Å². The molecule has 1 nitrogen and oxygen atoms in total. The lowest BCUT2D eigenvalue weighted by Gasteiger charge is -2.10. The lowest BCUT2D eigenvalue weighted by atomic mass is 10.0. The Morgan fingerprint density at radius 2 is 1.56 bits per heavy atom. The van der Waals surface area contributed by atoms with E-state index in [-0.39, 0.29) is 0 Å². The van der Waals surface area contributed by atoms with Crippen LogP contribution in [-0.2, 0) is 0 Å². The number of halogens is 3. The van der Waals surface area contributed by atoms with Gasteiger partial charge >= 0.3 is 0 Å². The standard InChI is InChI=1S/C14H11Cl3O/c1-8-3-4-9(5-14(8)18-2)10-6-12(16)13(17)7-11(10)15/h3-7H,1-2H3. The first-order valence-corrected chi connectivity index (χ1v) is 6.46. The van der Waals surface area contributed by atoms with Crippen molar-refractivity contribution >= 4 is 34.8 Å². The van der Waals surface area contributed by atoms with Gasteiger partial charge in [0.2, 0.25) is 0 Å². The van der Waals surface area contributed by atoms with Crippen LogP contribution in [0.25, 0.3) is 11.1 Å². The highest BCUT2D eigenvalue weighted by atomic mass is 35.5. The Kier molecular flexibility index (Phi) is 4.06. The highest BCUT2D eigenvalue weighted by Gasteiger charge is 2.09. The van der Waals surface area contributed by atoms with Crippen molar-refractivity contribution in [1.82, 2.24) is 0 Å². The lowest BCUT2D eigenvalue weighted by Crippen LogP contribution is -1.88. The topological polar surface area (TPSA) is 9.23 Å². The summed E-state index contributed by atoms with van der Waals surface area (Å²) >= 11 is 18.1. The summed E-state index contributed by atoms with van der Waals surface area (Å²) in [6.45, 7) is 1.99. The number of ether oxygens (including phenoxy) is 1. The maximum absolute atomic E-state index is 6.19. The van der Waals surface area contributed by atoms with Crippen LogP contribution in [0.3, 0.4) is 0 Å². The Morgan fingerprint density at radius 3 is 2.22 bits per heavy atom. The molecule has 0 N–H and O–H groups in total. The second-order valence-electron chi connectivity index (χ2n) is 3.93. The number of methoxy groups -OCH3 is 1. The fourth-order valence-corrected chi connectivity index (χ4v) is 2.39. The number of aryl methyl sites for hydroxylation is 1. The average molecular weight is 302 g/mol. The van der Waals surface area contributed by atoms with Crippen LogP contribution in [0.1, 0.15) is 5.56 Å². The quantitative estimate of drug-likeness (QED) is 0.653. The zero-order valence-corrected chi connectivity index (χ0v) is 12.2. The van der Waals surface area contributed by atoms with Crippen LogP contribution in [-0.4, -0.2) is 7.11 Å². The Morgan fingerprint density at radius 1 is 0.889 bits per heavy atom.